The van der Waals surface area contributed by atoms with Gasteiger partial charge in [-0.3, -0.25) is 4.79 Å². The molecule has 0 heterocycles. The first kappa shape index (κ1) is 17.6. The Balaban J connectivity index is 1.88. The van der Waals surface area contributed by atoms with Crippen molar-refractivity contribution in [3.8, 4) is 0 Å². The van der Waals surface area contributed by atoms with Gasteiger partial charge in [0.2, 0.25) is 0 Å². The second kappa shape index (κ2) is 7.21. The Kier molecular flexibility index (Phi) is 5.52. The highest BCUT2D eigenvalue weighted by Gasteiger charge is 2.28. The lowest BCUT2D eigenvalue weighted by atomic mass is 9.86. The number of carbonyl (C=O) groups is 2. The highest BCUT2D eigenvalue weighted by atomic mass is 35.5. The van der Waals surface area contributed by atoms with Crippen molar-refractivity contribution in [2.45, 2.75) is 51.1 Å². The molecule has 1 fully saturated rings. The monoisotopic (exact) mass is 338 g/mol. The Morgan fingerprint density at radius 3 is 2.43 bits per heavy atom. The molecule has 1 aromatic rings. The number of rotatable bonds is 4. The average molecular weight is 339 g/mol. The summed E-state index contributed by atoms with van der Waals surface area (Å²) in [6, 6.07) is 7.19. The maximum Gasteiger partial charge on any atom is 0.315 e. The van der Waals surface area contributed by atoms with Gasteiger partial charge < -0.3 is 15.7 Å². The minimum atomic E-state index is -0.741. The summed E-state index contributed by atoms with van der Waals surface area (Å²) in [5.74, 6) is -1.02. The molecule has 0 aromatic heterocycles. The van der Waals surface area contributed by atoms with Crippen LogP contribution in [0.5, 0.6) is 0 Å². The Morgan fingerprint density at radius 2 is 1.87 bits per heavy atom. The number of carbonyl (C=O) groups excluding carboxylic acids is 1. The number of carboxylic acid groups (broad SMARTS) is 1. The molecule has 0 unspecified atom stereocenters. The van der Waals surface area contributed by atoms with E-state index in [0.29, 0.717) is 30.7 Å². The Labute approximate surface area is 141 Å². The van der Waals surface area contributed by atoms with Gasteiger partial charge in [-0.05, 0) is 57.2 Å². The second-order valence-electron chi connectivity index (χ2n) is 6.62. The predicted molar refractivity (Wildman–Crippen MR) is 89.5 cm³/mol. The highest BCUT2D eigenvalue weighted by Crippen LogP contribution is 2.25. The van der Waals surface area contributed by atoms with Gasteiger partial charge in [-0.1, -0.05) is 23.7 Å². The zero-order valence-corrected chi connectivity index (χ0v) is 14.2. The highest BCUT2D eigenvalue weighted by molar-refractivity contribution is 6.30. The molecule has 1 aliphatic carbocycles. The number of halogens is 1. The van der Waals surface area contributed by atoms with Crippen molar-refractivity contribution < 1.29 is 14.7 Å². The minimum absolute atomic E-state index is 0.0285. The molecule has 2 rings (SSSR count). The van der Waals surface area contributed by atoms with Crippen LogP contribution in [-0.4, -0.2) is 23.1 Å². The van der Waals surface area contributed by atoms with E-state index in [2.05, 4.69) is 10.6 Å². The standard InChI is InChI=1S/C17H23ClN2O3/c1-17(2,12-4-3-5-13(18)10-12)20-16(23)19-14-8-6-11(7-9-14)15(21)22/h3-5,10-11,14H,6-9H2,1-2H3,(H,21,22)(H2,19,20,23). The molecular weight excluding hydrogens is 316 g/mol. The summed E-state index contributed by atoms with van der Waals surface area (Å²) in [5.41, 5.74) is 0.377. The third kappa shape index (κ3) is 4.86. The molecule has 1 saturated carbocycles. The van der Waals surface area contributed by atoms with Crippen LogP contribution in [0.4, 0.5) is 4.79 Å². The number of hydrogen-bond acceptors (Lipinski definition) is 2. The van der Waals surface area contributed by atoms with Gasteiger partial charge in [0, 0.05) is 11.1 Å². The van der Waals surface area contributed by atoms with Crippen molar-refractivity contribution in [2.75, 3.05) is 0 Å². The number of urea groups is 1. The fourth-order valence-electron chi connectivity index (χ4n) is 2.94. The maximum atomic E-state index is 12.2. The third-order valence-electron chi connectivity index (χ3n) is 4.38. The predicted octanol–water partition coefficient (Wildman–Crippen LogP) is 3.52. The molecule has 0 radical (unpaired) electrons. The maximum absolute atomic E-state index is 12.2. The lowest BCUT2D eigenvalue weighted by Crippen LogP contribution is -2.50. The number of carboxylic acids is 1. The number of amides is 2. The van der Waals surface area contributed by atoms with Crippen LogP contribution >= 0.6 is 11.6 Å². The van der Waals surface area contributed by atoms with Gasteiger partial charge >= 0.3 is 12.0 Å². The molecule has 0 bridgehead atoms. The largest absolute Gasteiger partial charge is 0.481 e. The van der Waals surface area contributed by atoms with Crippen LogP contribution in [-0.2, 0) is 10.3 Å². The first-order valence-corrected chi connectivity index (χ1v) is 8.23. The van der Waals surface area contributed by atoms with Gasteiger partial charge in [0.25, 0.3) is 0 Å². The fraction of sp³-hybridized carbons (Fsp3) is 0.529. The van der Waals surface area contributed by atoms with E-state index in [1.165, 1.54) is 0 Å². The lowest BCUT2D eigenvalue weighted by molar-refractivity contribution is -0.142. The molecule has 0 spiro atoms. The molecule has 5 nitrogen and oxygen atoms in total. The van der Waals surface area contributed by atoms with Crippen molar-refractivity contribution in [3.63, 3.8) is 0 Å². The molecule has 2 amide bonds. The summed E-state index contributed by atoms with van der Waals surface area (Å²) in [4.78, 5) is 23.2. The zero-order chi connectivity index (χ0) is 17.0. The van der Waals surface area contributed by atoms with Crippen LogP contribution in [0.1, 0.15) is 45.1 Å². The van der Waals surface area contributed by atoms with Crippen LogP contribution in [0.2, 0.25) is 5.02 Å². The first-order chi connectivity index (χ1) is 10.8. The molecule has 6 heteroatoms. The summed E-state index contributed by atoms with van der Waals surface area (Å²) < 4.78 is 0. The molecule has 3 N–H and O–H groups in total. The summed E-state index contributed by atoms with van der Waals surface area (Å²) in [5, 5.41) is 15.5. The lowest BCUT2D eigenvalue weighted by Gasteiger charge is -2.31. The summed E-state index contributed by atoms with van der Waals surface area (Å²) >= 11 is 6.01. The number of nitrogens with one attached hydrogen (secondary N) is 2. The molecule has 0 aliphatic heterocycles. The van der Waals surface area contributed by atoms with Crippen molar-refractivity contribution in [2.24, 2.45) is 5.92 Å². The van der Waals surface area contributed by atoms with Crippen molar-refractivity contribution >= 4 is 23.6 Å². The zero-order valence-electron chi connectivity index (χ0n) is 13.4. The summed E-state index contributed by atoms with van der Waals surface area (Å²) in [7, 11) is 0. The van der Waals surface area contributed by atoms with E-state index in [0.717, 1.165) is 5.56 Å². The number of hydrogen-bond donors (Lipinski definition) is 3. The molecule has 1 aliphatic rings. The quantitative estimate of drug-likeness (QED) is 0.786. The summed E-state index contributed by atoms with van der Waals surface area (Å²) in [6.07, 6.45) is 2.61. The van der Waals surface area contributed by atoms with Crippen LogP contribution in [0.15, 0.2) is 24.3 Å². The Morgan fingerprint density at radius 1 is 1.22 bits per heavy atom. The van der Waals surface area contributed by atoms with Crippen LogP contribution in [0.25, 0.3) is 0 Å². The van der Waals surface area contributed by atoms with E-state index in [9.17, 15) is 9.59 Å². The summed E-state index contributed by atoms with van der Waals surface area (Å²) in [6.45, 7) is 3.83. The van der Waals surface area contributed by atoms with Gasteiger partial charge in [-0.25, -0.2) is 4.79 Å². The smallest absolute Gasteiger partial charge is 0.315 e. The van der Waals surface area contributed by atoms with E-state index < -0.39 is 11.5 Å². The van der Waals surface area contributed by atoms with Gasteiger partial charge in [-0.2, -0.15) is 0 Å². The molecule has 1 aromatic carbocycles. The Hall–Kier alpha value is -1.75. The topological polar surface area (TPSA) is 78.4 Å². The first-order valence-electron chi connectivity index (χ1n) is 7.85. The Bertz CT molecular complexity index is 581. The molecular formula is C17H23ClN2O3. The van der Waals surface area contributed by atoms with Crippen LogP contribution in [0, 0.1) is 5.92 Å². The van der Waals surface area contributed by atoms with Gasteiger partial charge in [0.1, 0.15) is 0 Å². The van der Waals surface area contributed by atoms with Crippen molar-refractivity contribution in [3.05, 3.63) is 34.9 Å². The third-order valence-corrected chi connectivity index (χ3v) is 4.62. The van der Waals surface area contributed by atoms with Crippen molar-refractivity contribution in [1.29, 1.82) is 0 Å². The van der Waals surface area contributed by atoms with E-state index in [4.69, 9.17) is 16.7 Å². The van der Waals surface area contributed by atoms with Gasteiger partial charge in [0.05, 0.1) is 11.5 Å². The van der Waals surface area contributed by atoms with Gasteiger partial charge in [0.15, 0.2) is 0 Å². The SMILES string of the molecule is CC(C)(NC(=O)NC1CCC(C(=O)O)CC1)c1cccc(Cl)c1. The van der Waals surface area contributed by atoms with Crippen LogP contribution < -0.4 is 10.6 Å². The normalized spacial score (nSPS) is 21.5. The molecule has 0 saturated heterocycles. The van der Waals surface area contributed by atoms with E-state index in [1.807, 2.05) is 32.0 Å². The number of benzene rings is 1. The number of aliphatic carboxylic acids is 1. The van der Waals surface area contributed by atoms with Gasteiger partial charge in [-0.15, -0.1) is 0 Å². The van der Waals surface area contributed by atoms with Crippen molar-refractivity contribution in [1.82, 2.24) is 10.6 Å². The van der Waals surface area contributed by atoms with Crippen LogP contribution in [0.3, 0.4) is 0 Å². The minimum Gasteiger partial charge on any atom is -0.481 e. The fourth-order valence-corrected chi connectivity index (χ4v) is 3.13. The molecule has 23 heavy (non-hydrogen) atoms. The second-order valence-corrected chi connectivity index (χ2v) is 7.06. The molecule has 126 valence electrons. The molecule has 0 atom stereocenters. The van der Waals surface area contributed by atoms with E-state index in [-0.39, 0.29) is 18.0 Å². The average Bonchev–Trinajstić information content (AvgIpc) is 2.47. The van der Waals surface area contributed by atoms with E-state index in [1.54, 1.807) is 6.07 Å². The van der Waals surface area contributed by atoms with E-state index >= 15 is 0 Å².